The molecule has 0 radical (unpaired) electrons. The van der Waals surface area contributed by atoms with Gasteiger partial charge in [0.25, 0.3) is 0 Å². The summed E-state index contributed by atoms with van der Waals surface area (Å²) in [5, 5.41) is 12.3. The van der Waals surface area contributed by atoms with Crippen molar-refractivity contribution in [3.8, 4) is 0 Å². The van der Waals surface area contributed by atoms with Gasteiger partial charge in [-0.05, 0) is 24.1 Å². The van der Waals surface area contributed by atoms with Crippen molar-refractivity contribution in [2.24, 2.45) is 0 Å². The van der Waals surface area contributed by atoms with Crippen LogP contribution in [0.5, 0.6) is 0 Å². The normalized spacial score (nSPS) is 12.1. The van der Waals surface area contributed by atoms with E-state index in [1.807, 2.05) is 24.3 Å². The first-order chi connectivity index (χ1) is 9.67. The van der Waals surface area contributed by atoms with Crippen LogP contribution in [0.2, 0.25) is 0 Å². The number of halogens is 2. The highest BCUT2D eigenvalue weighted by molar-refractivity contribution is 6.18. The number of anilines is 1. The van der Waals surface area contributed by atoms with Gasteiger partial charge in [-0.25, -0.2) is 5.43 Å². The molecule has 0 saturated heterocycles. The fourth-order valence-corrected chi connectivity index (χ4v) is 1.87. The number of carboxylic acids is 1. The molecule has 1 aromatic carbocycles. The molecular formula is C13H19Cl2N3O2. The predicted molar refractivity (Wildman–Crippen MR) is 82.6 cm³/mol. The summed E-state index contributed by atoms with van der Waals surface area (Å²) in [5.74, 6) is 0.0226. The van der Waals surface area contributed by atoms with Crippen LogP contribution in [0.1, 0.15) is 5.56 Å². The second-order valence-corrected chi connectivity index (χ2v) is 4.93. The predicted octanol–water partition coefficient (Wildman–Crippen LogP) is 1.67. The van der Waals surface area contributed by atoms with Gasteiger partial charge >= 0.3 is 5.97 Å². The van der Waals surface area contributed by atoms with Crippen molar-refractivity contribution in [1.29, 1.82) is 0 Å². The lowest BCUT2D eigenvalue weighted by Gasteiger charge is -2.15. The Labute approximate surface area is 128 Å². The number of benzene rings is 1. The molecule has 5 nitrogen and oxygen atoms in total. The van der Waals surface area contributed by atoms with E-state index in [9.17, 15) is 9.90 Å². The summed E-state index contributed by atoms with van der Waals surface area (Å²) >= 11 is 11.1. The molecule has 0 amide bonds. The largest absolute Gasteiger partial charge is 0.480 e. The van der Waals surface area contributed by atoms with Crippen LogP contribution >= 0.6 is 23.2 Å². The van der Waals surface area contributed by atoms with Crippen LogP contribution in [0.25, 0.3) is 0 Å². The number of hydrogen-bond acceptors (Lipinski definition) is 4. The van der Waals surface area contributed by atoms with Crippen LogP contribution in [-0.2, 0) is 11.2 Å². The van der Waals surface area contributed by atoms with Gasteiger partial charge in [-0.1, -0.05) is 12.1 Å². The quantitative estimate of drug-likeness (QED) is 0.300. The van der Waals surface area contributed by atoms with Crippen LogP contribution in [0.4, 0.5) is 5.69 Å². The van der Waals surface area contributed by atoms with Crippen LogP contribution in [0, 0.1) is 0 Å². The number of carbonyl (C=O) groups is 1. The Kier molecular flexibility index (Phi) is 8.37. The number of nitrogens with one attached hydrogen (secondary N) is 3. The lowest BCUT2D eigenvalue weighted by molar-refractivity contribution is -0.139. The van der Waals surface area contributed by atoms with Gasteiger partial charge < -0.3 is 10.4 Å². The van der Waals surface area contributed by atoms with Crippen LogP contribution < -0.4 is 16.2 Å². The van der Waals surface area contributed by atoms with E-state index in [1.165, 1.54) is 0 Å². The second-order valence-electron chi connectivity index (χ2n) is 4.17. The van der Waals surface area contributed by atoms with Gasteiger partial charge in [0.05, 0.1) is 0 Å². The fourth-order valence-electron chi connectivity index (χ4n) is 1.68. The summed E-state index contributed by atoms with van der Waals surface area (Å²) < 4.78 is 0. The molecule has 1 atom stereocenters. The third-order valence-corrected chi connectivity index (χ3v) is 2.96. The van der Waals surface area contributed by atoms with E-state index >= 15 is 0 Å². The Morgan fingerprint density at radius 2 is 2.00 bits per heavy atom. The van der Waals surface area contributed by atoms with Gasteiger partial charge in [0, 0.05) is 30.5 Å². The molecule has 0 aliphatic carbocycles. The molecule has 0 aromatic heterocycles. The van der Waals surface area contributed by atoms with E-state index in [2.05, 4.69) is 16.2 Å². The monoisotopic (exact) mass is 319 g/mol. The van der Waals surface area contributed by atoms with E-state index in [-0.39, 0.29) is 0 Å². The fraction of sp³-hybridized carbons (Fsp3) is 0.462. The average Bonchev–Trinajstić information content (AvgIpc) is 2.44. The molecule has 0 fully saturated rings. The summed E-state index contributed by atoms with van der Waals surface area (Å²) in [6.07, 6.45) is 0.376. The number of hydrogen-bond donors (Lipinski definition) is 4. The van der Waals surface area contributed by atoms with Gasteiger partial charge in [-0.15, -0.1) is 23.2 Å². The summed E-state index contributed by atoms with van der Waals surface area (Å²) in [5.41, 5.74) is 7.40. The first-order valence-electron chi connectivity index (χ1n) is 6.33. The van der Waals surface area contributed by atoms with Crippen molar-refractivity contribution >= 4 is 34.9 Å². The first-order valence-corrected chi connectivity index (χ1v) is 7.40. The maximum absolute atomic E-state index is 11.2. The molecule has 1 rings (SSSR count). The molecule has 0 aliphatic heterocycles. The smallest absolute Gasteiger partial charge is 0.322 e. The highest BCUT2D eigenvalue weighted by Gasteiger charge is 2.17. The zero-order valence-corrected chi connectivity index (χ0v) is 12.5. The van der Waals surface area contributed by atoms with Crippen molar-refractivity contribution in [1.82, 2.24) is 10.9 Å². The Bertz CT molecular complexity index is 418. The highest BCUT2D eigenvalue weighted by atomic mass is 35.5. The third-order valence-electron chi connectivity index (χ3n) is 2.58. The molecular weight excluding hydrogens is 301 g/mol. The molecule has 0 bridgehead atoms. The van der Waals surface area contributed by atoms with Crippen LogP contribution in [0.15, 0.2) is 24.3 Å². The van der Waals surface area contributed by atoms with Crippen molar-refractivity contribution in [3.05, 3.63) is 29.8 Å². The molecule has 112 valence electrons. The van der Waals surface area contributed by atoms with E-state index in [4.69, 9.17) is 23.2 Å². The number of carboxylic acid groups (broad SMARTS) is 1. The van der Waals surface area contributed by atoms with Gasteiger partial charge in [0.2, 0.25) is 0 Å². The first kappa shape index (κ1) is 17.0. The standard InChI is InChI=1S/C13H19Cl2N3O2/c14-4-6-16-11-3-1-2-10(8-11)9-12(13(19)20)18-17-7-5-15/h1-3,8,12,16-18H,4-7,9H2,(H,19,20)/t12-/m0/s1. The van der Waals surface area contributed by atoms with Gasteiger partial charge in [-0.2, -0.15) is 0 Å². The van der Waals surface area contributed by atoms with Crippen LogP contribution in [-0.4, -0.2) is 42.0 Å². The SMILES string of the molecule is O=C(O)[C@H](Cc1cccc(NCCCl)c1)NNCCCl. The number of alkyl halides is 2. The van der Waals surface area contributed by atoms with E-state index in [1.54, 1.807) is 0 Å². The number of aliphatic carboxylic acids is 1. The Morgan fingerprint density at radius 1 is 1.25 bits per heavy atom. The lowest BCUT2D eigenvalue weighted by atomic mass is 10.1. The minimum Gasteiger partial charge on any atom is -0.480 e. The van der Waals surface area contributed by atoms with E-state index in [0.717, 1.165) is 11.3 Å². The highest BCUT2D eigenvalue weighted by Crippen LogP contribution is 2.12. The van der Waals surface area contributed by atoms with Crippen molar-refractivity contribution in [2.45, 2.75) is 12.5 Å². The molecule has 0 saturated carbocycles. The van der Waals surface area contributed by atoms with Gasteiger partial charge in [0.15, 0.2) is 0 Å². The summed E-state index contributed by atoms with van der Waals surface area (Å²) in [7, 11) is 0. The maximum atomic E-state index is 11.2. The van der Waals surface area contributed by atoms with E-state index in [0.29, 0.717) is 31.3 Å². The number of hydrazine groups is 1. The average molecular weight is 320 g/mol. The molecule has 7 heteroatoms. The summed E-state index contributed by atoms with van der Waals surface area (Å²) in [6.45, 7) is 1.17. The minimum absolute atomic E-state index is 0.376. The van der Waals surface area contributed by atoms with Gasteiger partial charge in [-0.3, -0.25) is 10.2 Å². The molecule has 0 aliphatic rings. The van der Waals surface area contributed by atoms with Crippen molar-refractivity contribution < 1.29 is 9.90 Å². The van der Waals surface area contributed by atoms with Gasteiger partial charge in [0.1, 0.15) is 6.04 Å². The Balaban J connectivity index is 2.60. The minimum atomic E-state index is -0.911. The maximum Gasteiger partial charge on any atom is 0.322 e. The molecule has 0 unspecified atom stereocenters. The molecule has 4 N–H and O–H groups in total. The van der Waals surface area contributed by atoms with Crippen molar-refractivity contribution in [2.75, 3.05) is 30.2 Å². The van der Waals surface area contributed by atoms with Crippen molar-refractivity contribution in [3.63, 3.8) is 0 Å². The topological polar surface area (TPSA) is 73.4 Å². The van der Waals surface area contributed by atoms with E-state index < -0.39 is 12.0 Å². The molecule has 0 heterocycles. The van der Waals surface area contributed by atoms with Crippen LogP contribution in [0.3, 0.4) is 0 Å². The molecule has 0 spiro atoms. The Hall–Kier alpha value is -1.01. The lowest BCUT2D eigenvalue weighted by Crippen LogP contribution is -2.47. The molecule has 1 aromatic rings. The number of rotatable bonds is 10. The summed E-state index contributed by atoms with van der Waals surface area (Å²) in [4.78, 5) is 11.2. The zero-order valence-electron chi connectivity index (χ0n) is 11.0. The Morgan fingerprint density at radius 3 is 2.65 bits per heavy atom. The zero-order chi connectivity index (χ0) is 14.8. The summed E-state index contributed by atoms with van der Waals surface area (Å²) in [6, 6.07) is 6.92. The second kappa shape index (κ2) is 9.83. The molecule has 20 heavy (non-hydrogen) atoms. The third kappa shape index (κ3) is 6.43.